The molecule has 3 heteroatoms. The van der Waals surface area contributed by atoms with E-state index in [2.05, 4.69) is 0 Å². The zero-order chi connectivity index (χ0) is 9.31. The summed E-state index contributed by atoms with van der Waals surface area (Å²) in [6.07, 6.45) is 4.13. The van der Waals surface area contributed by atoms with Crippen LogP contribution in [-0.4, -0.2) is 10.3 Å². The van der Waals surface area contributed by atoms with Crippen molar-refractivity contribution in [2.45, 2.75) is 12.1 Å². The van der Waals surface area contributed by atoms with E-state index in [9.17, 15) is 5.11 Å². The molecule has 13 heavy (non-hydrogen) atoms. The van der Waals surface area contributed by atoms with Crippen LogP contribution in [0.2, 0.25) is 0 Å². The van der Waals surface area contributed by atoms with Crippen LogP contribution in [0.1, 0.15) is 17.5 Å². The summed E-state index contributed by atoms with van der Waals surface area (Å²) in [5.74, 6) is 0. The first-order valence-electron chi connectivity index (χ1n) is 4.16. The Morgan fingerprint density at radius 2 is 2.08 bits per heavy atom. The number of hydroxylamine groups is 1. The predicted molar refractivity (Wildman–Crippen MR) is 48.9 cm³/mol. The van der Waals surface area contributed by atoms with Gasteiger partial charge in [-0.2, -0.15) is 5.48 Å². The zero-order valence-corrected chi connectivity index (χ0v) is 7.07. The second-order valence-electron chi connectivity index (χ2n) is 3.17. The van der Waals surface area contributed by atoms with Gasteiger partial charge in [0.25, 0.3) is 0 Å². The van der Waals surface area contributed by atoms with Crippen molar-refractivity contribution in [3.63, 3.8) is 0 Å². The monoisotopic (exact) mass is 177 g/mol. The lowest BCUT2D eigenvalue weighted by molar-refractivity contribution is -0.0978. The molecule has 0 aromatic heterocycles. The van der Waals surface area contributed by atoms with Crippen molar-refractivity contribution in [1.29, 1.82) is 0 Å². The molecule has 1 atom stereocenters. The van der Waals surface area contributed by atoms with E-state index in [0.717, 1.165) is 5.56 Å². The minimum absolute atomic E-state index is 0.376. The van der Waals surface area contributed by atoms with Gasteiger partial charge in [-0.15, -0.1) is 0 Å². The first-order chi connectivity index (χ1) is 6.26. The molecule has 0 fully saturated rings. The average molecular weight is 177 g/mol. The molecule has 0 radical (unpaired) electrons. The highest BCUT2D eigenvalue weighted by molar-refractivity contribution is 5.58. The van der Waals surface area contributed by atoms with Crippen molar-refractivity contribution in [3.8, 4) is 0 Å². The van der Waals surface area contributed by atoms with Gasteiger partial charge in [0.2, 0.25) is 0 Å². The van der Waals surface area contributed by atoms with Crippen LogP contribution in [-0.2, 0) is 5.72 Å². The number of fused-ring (bicyclic) bond motifs is 1. The zero-order valence-electron chi connectivity index (χ0n) is 7.07. The molecule has 0 amide bonds. The normalized spacial score (nSPS) is 25.7. The third kappa shape index (κ3) is 1.27. The Kier molecular flexibility index (Phi) is 1.92. The molecule has 0 aliphatic heterocycles. The van der Waals surface area contributed by atoms with Crippen molar-refractivity contribution in [1.82, 2.24) is 5.48 Å². The van der Waals surface area contributed by atoms with E-state index in [-0.39, 0.29) is 0 Å². The van der Waals surface area contributed by atoms with Crippen LogP contribution in [0.15, 0.2) is 30.3 Å². The Morgan fingerprint density at radius 3 is 2.85 bits per heavy atom. The van der Waals surface area contributed by atoms with Crippen LogP contribution in [0.4, 0.5) is 0 Å². The number of hydrogen-bond acceptors (Lipinski definition) is 3. The first-order valence-corrected chi connectivity index (χ1v) is 4.16. The average Bonchev–Trinajstić information content (AvgIpc) is 2.19. The minimum atomic E-state index is -1.33. The van der Waals surface area contributed by atoms with Gasteiger partial charge in [-0.05, 0) is 5.56 Å². The van der Waals surface area contributed by atoms with Crippen molar-refractivity contribution in [2.75, 3.05) is 0 Å². The number of aliphatic hydroxyl groups is 1. The lowest BCUT2D eigenvalue weighted by Crippen LogP contribution is -2.41. The second-order valence-corrected chi connectivity index (χ2v) is 3.17. The lowest BCUT2D eigenvalue weighted by atomic mass is 9.90. The Labute approximate surface area is 76.3 Å². The summed E-state index contributed by atoms with van der Waals surface area (Å²) in [5.41, 5.74) is 2.25. The van der Waals surface area contributed by atoms with Gasteiger partial charge < -0.3 is 10.3 Å². The van der Waals surface area contributed by atoms with Crippen molar-refractivity contribution < 1.29 is 10.3 Å². The van der Waals surface area contributed by atoms with E-state index in [1.54, 1.807) is 6.07 Å². The second kappa shape index (κ2) is 2.96. The van der Waals surface area contributed by atoms with Gasteiger partial charge in [0.15, 0.2) is 5.72 Å². The highest BCUT2D eigenvalue weighted by Crippen LogP contribution is 2.30. The fraction of sp³-hybridized carbons (Fsp3) is 0.200. The van der Waals surface area contributed by atoms with E-state index < -0.39 is 5.72 Å². The Hall–Kier alpha value is -1.16. The molecule has 0 spiro atoms. The third-order valence-corrected chi connectivity index (χ3v) is 2.30. The Morgan fingerprint density at radius 1 is 1.31 bits per heavy atom. The number of rotatable bonds is 1. The maximum absolute atomic E-state index is 9.92. The topological polar surface area (TPSA) is 52.5 Å². The first kappa shape index (κ1) is 8.44. The maximum Gasteiger partial charge on any atom is 0.167 e. The van der Waals surface area contributed by atoms with Gasteiger partial charge in [0.1, 0.15) is 0 Å². The SMILES string of the molecule is ON[C@]1(O)CC=Cc2ccccc21. The van der Waals surface area contributed by atoms with Gasteiger partial charge in [-0.1, -0.05) is 36.4 Å². The summed E-state index contributed by atoms with van der Waals surface area (Å²) < 4.78 is 0. The highest BCUT2D eigenvalue weighted by Gasteiger charge is 2.30. The van der Waals surface area contributed by atoms with Gasteiger partial charge in [-0.25, -0.2) is 0 Å². The summed E-state index contributed by atoms with van der Waals surface area (Å²) in [5, 5.41) is 18.8. The van der Waals surface area contributed by atoms with Crippen LogP contribution in [0, 0.1) is 0 Å². The predicted octanol–water partition coefficient (Wildman–Crippen LogP) is 1.23. The highest BCUT2D eigenvalue weighted by atomic mass is 16.5. The van der Waals surface area contributed by atoms with Crippen LogP contribution in [0.3, 0.4) is 0 Å². The molecule has 0 saturated heterocycles. The van der Waals surface area contributed by atoms with E-state index in [0.29, 0.717) is 12.0 Å². The summed E-state index contributed by atoms with van der Waals surface area (Å²) in [7, 11) is 0. The molecule has 1 aromatic rings. The largest absolute Gasteiger partial charge is 0.369 e. The van der Waals surface area contributed by atoms with Gasteiger partial charge in [0, 0.05) is 12.0 Å². The molecule has 0 bridgehead atoms. The van der Waals surface area contributed by atoms with Crippen LogP contribution in [0.5, 0.6) is 0 Å². The fourth-order valence-corrected chi connectivity index (χ4v) is 1.59. The van der Waals surface area contributed by atoms with Crippen LogP contribution >= 0.6 is 0 Å². The molecule has 0 unspecified atom stereocenters. The van der Waals surface area contributed by atoms with Crippen LogP contribution < -0.4 is 5.48 Å². The molecule has 2 rings (SSSR count). The molecule has 3 N–H and O–H groups in total. The summed E-state index contributed by atoms with van der Waals surface area (Å²) in [4.78, 5) is 0. The maximum atomic E-state index is 9.92. The molecule has 3 nitrogen and oxygen atoms in total. The van der Waals surface area contributed by atoms with Crippen molar-refractivity contribution in [3.05, 3.63) is 41.5 Å². The molecule has 68 valence electrons. The van der Waals surface area contributed by atoms with Gasteiger partial charge in [-0.3, -0.25) is 0 Å². The fourth-order valence-electron chi connectivity index (χ4n) is 1.59. The van der Waals surface area contributed by atoms with Gasteiger partial charge >= 0.3 is 0 Å². The third-order valence-electron chi connectivity index (χ3n) is 2.30. The molecule has 0 saturated carbocycles. The summed E-state index contributed by atoms with van der Waals surface area (Å²) in [6, 6.07) is 7.42. The number of nitrogens with one attached hydrogen (secondary N) is 1. The van der Waals surface area contributed by atoms with Gasteiger partial charge in [0.05, 0.1) is 0 Å². The minimum Gasteiger partial charge on any atom is -0.369 e. The van der Waals surface area contributed by atoms with E-state index in [4.69, 9.17) is 5.21 Å². The molecule has 1 aromatic carbocycles. The van der Waals surface area contributed by atoms with E-state index in [1.165, 1.54) is 0 Å². The standard InChI is InChI=1S/C10H11NO2/c12-10(11-13)7-3-5-8-4-1-2-6-9(8)10/h1-6,11-13H,7H2/t10-/m0/s1. The smallest absolute Gasteiger partial charge is 0.167 e. The Balaban J connectivity index is 2.55. The number of hydrogen-bond donors (Lipinski definition) is 3. The summed E-state index contributed by atoms with van der Waals surface area (Å²) in [6.45, 7) is 0. The molecular formula is C10H11NO2. The van der Waals surface area contributed by atoms with Crippen LogP contribution in [0.25, 0.3) is 6.08 Å². The molecule has 0 heterocycles. The van der Waals surface area contributed by atoms with E-state index in [1.807, 2.05) is 35.8 Å². The van der Waals surface area contributed by atoms with Crippen molar-refractivity contribution in [2.24, 2.45) is 0 Å². The molecule has 1 aliphatic carbocycles. The molecular weight excluding hydrogens is 166 g/mol. The quantitative estimate of drug-likeness (QED) is 0.446. The number of benzene rings is 1. The molecule has 1 aliphatic rings. The lowest BCUT2D eigenvalue weighted by Gasteiger charge is -2.29. The summed E-state index contributed by atoms with van der Waals surface area (Å²) >= 11 is 0. The van der Waals surface area contributed by atoms with E-state index >= 15 is 0 Å². The Bertz CT molecular complexity index is 349. The van der Waals surface area contributed by atoms with Crippen molar-refractivity contribution >= 4 is 6.08 Å².